The first-order valence-corrected chi connectivity index (χ1v) is 23.8. The Balaban J connectivity index is 0.879. The van der Waals surface area contributed by atoms with E-state index in [1.807, 2.05) is 84.9 Å². The zero-order chi connectivity index (χ0) is 50.3. The largest absolute Gasteiger partial charge is 0.465 e. The summed E-state index contributed by atoms with van der Waals surface area (Å²) < 4.78 is 31.1. The van der Waals surface area contributed by atoms with Crippen molar-refractivity contribution in [3.63, 3.8) is 0 Å². The van der Waals surface area contributed by atoms with Gasteiger partial charge in [0.15, 0.2) is 0 Å². The summed E-state index contributed by atoms with van der Waals surface area (Å²) in [7, 11) is 3.12. The van der Waals surface area contributed by atoms with E-state index in [2.05, 4.69) is 60.7 Å². The molecule has 71 heavy (non-hydrogen) atoms. The number of carbonyl (C=O) groups is 4. The second kappa shape index (κ2) is 28.0. The molecule has 0 spiro atoms. The smallest absolute Gasteiger partial charge is 0.310 e. The van der Waals surface area contributed by atoms with Crippen LogP contribution in [0.1, 0.15) is 66.8 Å². The van der Waals surface area contributed by atoms with E-state index in [0.717, 1.165) is 58.2 Å². The van der Waals surface area contributed by atoms with Crippen molar-refractivity contribution >= 4 is 23.9 Å². The van der Waals surface area contributed by atoms with Gasteiger partial charge in [0.2, 0.25) is 0 Å². The van der Waals surface area contributed by atoms with Gasteiger partial charge < -0.3 is 38.6 Å². The molecule has 6 aromatic rings. The number of methoxy groups -OCH3 is 2. The van der Waals surface area contributed by atoms with Gasteiger partial charge in [-0.05, 0) is 92.4 Å². The van der Waals surface area contributed by atoms with E-state index in [1.54, 1.807) is 14.2 Å². The van der Waals surface area contributed by atoms with Crippen LogP contribution < -0.4 is 0 Å². The van der Waals surface area contributed by atoms with E-state index >= 15 is 0 Å². The van der Waals surface area contributed by atoms with Crippen LogP contribution in [-0.4, -0.2) is 101 Å². The molecular weight excluding hydrogens is 901 g/mol. The van der Waals surface area contributed by atoms with E-state index in [1.165, 1.54) is 27.8 Å². The molecule has 0 heterocycles. The van der Waals surface area contributed by atoms with Crippen LogP contribution in [0.4, 0.5) is 0 Å². The fraction of sp³-hybridized carbons (Fsp3) is 0.322. The van der Waals surface area contributed by atoms with E-state index in [0.29, 0.717) is 19.6 Å². The Bertz CT molecular complexity index is 2570. The Labute approximate surface area is 416 Å². The third-order valence-corrected chi connectivity index (χ3v) is 12.0. The minimum atomic E-state index is -1.36. The van der Waals surface area contributed by atoms with Crippen LogP contribution >= 0.6 is 0 Å². The maximum atomic E-state index is 12.9. The minimum absolute atomic E-state index is 0.00109. The second-order valence-corrected chi connectivity index (χ2v) is 17.9. The van der Waals surface area contributed by atoms with Crippen molar-refractivity contribution in [2.24, 2.45) is 5.41 Å². The van der Waals surface area contributed by atoms with E-state index in [-0.39, 0.29) is 64.0 Å². The van der Waals surface area contributed by atoms with Crippen LogP contribution in [0.15, 0.2) is 146 Å². The van der Waals surface area contributed by atoms with Crippen molar-refractivity contribution in [3.8, 4) is 0 Å². The molecule has 0 bridgehead atoms. The monoisotopic (exact) mass is 964 g/mol. The molecule has 6 aromatic carbocycles. The predicted molar refractivity (Wildman–Crippen MR) is 269 cm³/mol. The number of carbonyl (C=O) groups excluding carboxylic acids is 4. The Morgan fingerprint density at radius 1 is 0.324 bits per heavy atom. The van der Waals surface area contributed by atoms with Crippen molar-refractivity contribution in [3.05, 3.63) is 212 Å². The Hall–Kier alpha value is -6.96. The fourth-order valence-corrected chi connectivity index (χ4v) is 7.68. The molecule has 0 unspecified atom stereocenters. The Kier molecular flexibility index (Phi) is 21.1. The quantitative estimate of drug-likeness (QED) is 0.0286. The topological polar surface area (TPSA) is 164 Å². The molecule has 372 valence electrons. The average Bonchev–Trinajstić information content (AvgIpc) is 3.38. The summed E-state index contributed by atoms with van der Waals surface area (Å²) in [5.74, 6) is -1.64. The maximum absolute atomic E-state index is 12.9. The predicted octanol–water partition coefficient (Wildman–Crippen LogP) is 7.36. The fourth-order valence-electron chi connectivity index (χ4n) is 7.68. The summed E-state index contributed by atoms with van der Waals surface area (Å²) >= 11 is 0. The number of rotatable bonds is 28. The van der Waals surface area contributed by atoms with Gasteiger partial charge in [-0.25, -0.2) is 0 Å². The van der Waals surface area contributed by atoms with Gasteiger partial charge in [-0.1, -0.05) is 146 Å². The van der Waals surface area contributed by atoms with Crippen LogP contribution in [0.5, 0.6) is 0 Å². The third-order valence-electron chi connectivity index (χ3n) is 12.0. The van der Waals surface area contributed by atoms with Gasteiger partial charge in [0.05, 0.1) is 57.5 Å². The van der Waals surface area contributed by atoms with Crippen LogP contribution in [0.3, 0.4) is 0 Å². The summed E-state index contributed by atoms with van der Waals surface area (Å²) in [5.41, 5.74) is 11.1. The van der Waals surface area contributed by atoms with Crippen molar-refractivity contribution in [2.45, 2.75) is 51.4 Å². The molecule has 0 atom stereocenters. The first kappa shape index (κ1) is 53.4. The van der Waals surface area contributed by atoms with Gasteiger partial charge >= 0.3 is 23.9 Å². The summed E-state index contributed by atoms with van der Waals surface area (Å²) in [4.78, 5) is 49.6. The lowest BCUT2D eigenvalue weighted by Gasteiger charge is -2.28. The number of ether oxygens (including phenoxy) is 6. The number of benzene rings is 6. The lowest BCUT2D eigenvalue weighted by molar-refractivity contribution is -0.158. The van der Waals surface area contributed by atoms with Crippen LogP contribution in [0, 0.1) is 5.41 Å². The summed E-state index contributed by atoms with van der Waals surface area (Å²) in [6.45, 7) is -0.540. The highest BCUT2D eigenvalue weighted by Gasteiger charge is 2.33. The Morgan fingerprint density at radius 2 is 0.521 bits per heavy atom. The minimum Gasteiger partial charge on any atom is -0.465 e. The van der Waals surface area contributed by atoms with E-state index in [9.17, 15) is 29.4 Å². The highest BCUT2D eigenvalue weighted by Crippen LogP contribution is 2.21. The SMILES string of the molecule is COCCOC(=O)Cc1ccc(Cc2ccc(CC(=O)OCC(CO)(CO)COC(=O)Cc3ccc(Cc4ccc(Cc5ccc(Cc6ccc(CC(=O)OCCOC)cc6)cc5)cc4)cc3)cc2)cc1. The average molecular weight is 965 g/mol. The second-order valence-electron chi connectivity index (χ2n) is 17.9. The molecule has 0 aliphatic carbocycles. The molecule has 0 saturated carbocycles. The number of esters is 4. The lowest BCUT2D eigenvalue weighted by atomic mass is 9.92. The van der Waals surface area contributed by atoms with Crippen molar-refractivity contribution in [1.29, 1.82) is 0 Å². The van der Waals surface area contributed by atoms with Crippen molar-refractivity contribution in [2.75, 3.05) is 67.1 Å². The molecule has 12 nitrogen and oxygen atoms in total. The highest BCUT2D eigenvalue weighted by atomic mass is 16.6. The first-order valence-electron chi connectivity index (χ1n) is 23.8. The van der Waals surface area contributed by atoms with Crippen LogP contribution in [0.2, 0.25) is 0 Å². The van der Waals surface area contributed by atoms with Gasteiger partial charge in [0, 0.05) is 14.2 Å². The number of hydrogen-bond acceptors (Lipinski definition) is 12. The van der Waals surface area contributed by atoms with E-state index in [4.69, 9.17) is 28.4 Å². The third kappa shape index (κ3) is 18.4. The highest BCUT2D eigenvalue weighted by molar-refractivity contribution is 5.74. The molecule has 0 aromatic heterocycles. The van der Waals surface area contributed by atoms with Gasteiger partial charge in [0.25, 0.3) is 0 Å². The molecule has 0 aliphatic heterocycles. The van der Waals surface area contributed by atoms with Crippen molar-refractivity contribution in [1.82, 2.24) is 0 Å². The zero-order valence-electron chi connectivity index (χ0n) is 40.6. The molecule has 0 saturated heterocycles. The molecule has 2 N–H and O–H groups in total. The number of aliphatic hydroxyl groups is 2. The maximum Gasteiger partial charge on any atom is 0.310 e. The standard InChI is InChI=1S/C59H64O12/c1-66-27-29-68-55(62)35-51-19-11-47(12-20-51)32-45-7-3-43(4-8-45)31-44-5-9-46(10-6-44)33-49-15-23-53(24-16-49)37-57(64)70-41-59(39-60,40-61)42-71-58(65)38-54-25-17-50(18-26-54)34-48-13-21-52(22-14-48)36-56(63)69-30-28-67-2/h3-26,60-61H,27-42H2,1-2H3. The van der Waals surface area contributed by atoms with Crippen LogP contribution in [-0.2, 0) is 99.0 Å². The summed E-state index contributed by atoms with van der Waals surface area (Å²) in [5, 5.41) is 20.3. The first-order chi connectivity index (χ1) is 34.5. The van der Waals surface area contributed by atoms with Gasteiger partial charge in [-0.3, -0.25) is 19.2 Å². The zero-order valence-corrected chi connectivity index (χ0v) is 40.6. The molecule has 0 aliphatic rings. The molecule has 0 fully saturated rings. The van der Waals surface area contributed by atoms with Crippen LogP contribution in [0.25, 0.3) is 0 Å². The summed E-state index contributed by atoms with van der Waals surface area (Å²) in [6.07, 6.45) is 3.42. The number of hydrogen-bond donors (Lipinski definition) is 2. The van der Waals surface area contributed by atoms with Gasteiger partial charge in [-0.15, -0.1) is 0 Å². The molecule has 0 radical (unpaired) electrons. The van der Waals surface area contributed by atoms with Gasteiger partial charge in [-0.2, -0.15) is 0 Å². The number of aliphatic hydroxyl groups excluding tert-OH is 2. The molecular formula is C59H64O12. The summed E-state index contributed by atoms with van der Waals surface area (Å²) in [6, 6.07) is 48.4. The molecule has 0 amide bonds. The lowest BCUT2D eigenvalue weighted by Crippen LogP contribution is -2.41. The van der Waals surface area contributed by atoms with Crippen molar-refractivity contribution < 1.29 is 57.8 Å². The van der Waals surface area contributed by atoms with E-state index < -0.39 is 30.6 Å². The van der Waals surface area contributed by atoms with Gasteiger partial charge in [0.1, 0.15) is 26.4 Å². The molecule has 12 heteroatoms. The molecule has 6 rings (SSSR count). The normalized spacial score (nSPS) is 11.2. The Morgan fingerprint density at radius 3 is 0.718 bits per heavy atom.